The molecular weight excluding hydrogens is 302 g/mol. The number of amides is 1. The topological polar surface area (TPSA) is 62.7 Å². The predicted octanol–water partition coefficient (Wildman–Crippen LogP) is 3.18. The minimum atomic E-state index is -0.223. The van der Waals surface area contributed by atoms with E-state index in [1.165, 1.54) is 5.56 Å². The summed E-state index contributed by atoms with van der Waals surface area (Å²) in [6.07, 6.45) is 1.69. The van der Waals surface area contributed by atoms with Gasteiger partial charge in [-0.05, 0) is 44.0 Å². The first-order valence-electron chi connectivity index (χ1n) is 7.78. The van der Waals surface area contributed by atoms with Gasteiger partial charge in [0.2, 0.25) is 0 Å². The van der Waals surface area contributed by atoms with Gasteiger partial charge in [-0.2, -0.15) is 5.10 Å². The smallest absolute Gasteiger partial charge is 0.259 e. The highest BCUT2D eigenvalue weighted by Crippen LogP contribution is 2.22. The molecule has 0 bridgehead atoms. The van der Waals surface area contributed by atoms with Crippen LogP contribution in [0.1, 0.15) is 22.3 Å². The minimum Gasteiger partial charge on any atom is -0.495 e. The summed E-state index contributed by atoms with van der Waals surface area (Å²) < 4.78 is 5.23. The maximum atomic E-state index is 11.9. The van der Waals surface area contributed by atoms with Crippen LogP contribution in [-0.4, -0.2) is 25.8 Å². The summed E-state index contributed by atoms with van der Waals surface area (Å²) in [4.78, 5) is 11.9. The Morgan fingerprint density at radius 2 is 1.83 bits per heavy atom. The Morgan fingerprint density at radius 1 is 1.17 bits per heavy atom. The summed E-state index contributed by atoms with van der Waals surface area (Å²) in [5, 5.41) is 7.08. The van der Waals surface area contributed by atoms with E-state index in [1.807, 2.05) is 38.1 Å². The number of ether oxygens (including phenoxy) is 1. The lowest BCUT2D eigenvalue weighted by atomic mass is 10.0. The van der Waals surface area contributed by atoms with Crippen molar-refractivity contribution in [3.8, 4) is 5.75 Å². The van der Waals surface area contributed by atoms with Crippen LogP contribution in [0.2, 0.25) is 0 Å². The van der Waals surface area contributed by atoms with Crippen LogP contribution < -0.4 is 15.5 Å². The second-order valence-electron chi connectivity index (χ2n) is 5.66. The molecule has 5 heteroatoms. The summed E-state index contributed by atoms with van der Waals surface area (Å²) >= 11 is 0. The second kappa shape index (κ2) is 8.15. The Hall–Kier alpha value is -2.82. The number of hydrazone groups is 1. The fourth-order valence-electron chi connectivity index (χ4n) is 2.57. The molecule has 0 radical (unpaired) electrons. The molecule has 0 atom stereocenters. The lowest BCUT2D eigenvalue weighted by molar-refractivity contribution is -0.119. The molecule has 0 saturated carbocycles. The summed E-state index contributed by atoms with van der Waals surface area (Å²) in [5.74, 6) is 0.472. The molecule has 0 fully saturated rings. The number of rotatable bonds is 6. The first kappa shape index (κ1) is 17.5. The zero-order chi connectivity index (χ0) is 17.5. The Morgan fingerprint density at radius 3 is 2.50 bits per heavy atom. The van der Waals surface area contributed by atoms with Gasteiger partial charge in [0.1, 0.15) is 5.75 Å². The Balaban J connectivity index is 1.92. The summed E-state index contributed by atoms with van der Waals surface area (Å²) in [7, 11) is 1.59. The number of nitrogens with zero attached hydrogens (tertiary/aromatic N) is 1. The Labute approximate surface area is 142 Å². The van der Waals surface area contributed by atoms with Crippen LogP contribution in [0.15, 0.2) is 41.5 Å². The second-order valence-corrected chi connectivity index (χ2v) is 5.66. The van der Waals surface area contributed by atoms with Crippen LogP contribution in [-0.2, 0) is 4.79 Å². The van der Waals surface area contributed by atoms with Crippen molar-refractivity contribution in [1.82, 2.24) is 5.43 Å². The predicted molar refractivity (Wildman–Crippen MR) is 97.9 cm³/mol. The molecule has 2 rings (SSSR count). The zero-order valence-electron chi connectivity index (χ0n) is 14.5. The molecule has 0 spiro atoms. The number of aryl methyl sites for hydroxylation is 3. The van der Waals surface area contributed by atoms with E-state index in [0.29, 0.717) is 5.75 Å². The largest absolute Gasteiger partial charge is 0.495 e. The third-order valence-electron chi connectivity index (χ3n) is 3.67. The number of carbonyl (C=O) groups excluding carboxylic acids is 1. The van der Waals surface area contributed by atoms with Gasteiger partial charge in [-0.15, -0.1) is 0 Å². The number of benzene rings is 2. The van der Waals surface area contributed by atoms with Crippen molar-refractivity contribution >= 4 is 17.8 Å². The van der Waals surface area contributed by atoms with Crippen LogP contribution in [0.4, 0.5) is 5.69 Å². The average Bonchev–Trinajstić information content (AvgIpc) is 2.55. The molecule has 0 aliphatic rings. The summed E-state index contributed by atoms with van der Waals surface area (Å²) in [6.45, 7) is 6.24. The molecule has 0 aliphatic carbocycles. The van der Waals surface area contributed by atoms with Crippen LogP contribution >= 0.6 is 0 Å². The van der Waals surface area contributed by atoms with Gasteiger partial charge in [0.15, 0.2) is 0 Å². The van der Waals surface area contributed by atoms with E-state index in [0.717, 1.165) is 22.4 Å². The Bertz CT molecular complexity index is 731. The van der Waals surface area contributed by atoms with Crippen LogP contribution in [0.25, 0.3) is 0 Å². The van der Waals surface area contributed by atoms with Gasteiger partial charge in [-0.3, -0.25) is 4.79 Å². The number of nitrogens with one attached hydrogen (secondary N) is 2. The van der Waals surface area contributed by atoms with Crippen molar-refractivity contribution < 1.29 is 9.53 Å². The zero-order valence-corrected chi connectivity index (χ0v) is 14.5. The quantitative estimate of drug-likeness (QED) is 0.633. The maximum absolute atomic E-state index is 11.9. The first-order chi connectivity index (χ1) is 11.5. The van der Waals surface area contributed by atoms with Crippen molar-refractivity contribution in [2.24, 2.45) is 5.10 Å². The average molecular weight is 325 g/mol. The summed E-state index contributed by atoms with van der Waals surface area (Å²) in [6, 6.07) is 11.6. The molecule has 0 unspecified atom stereocenters. The molecule has 0 saturated heterocycles. The molecule has 5 nitrogen and oxygen atoms in total. The number of anilines is 1. The fraction of sp³-hybridized carbons (Fsp3) is 0.263. The number of hydrogen-bond donors (Lipinski definition) is 2. The summed E-state index contributed by atoms with van der Waals surface area (Å²) in [5.41, 5.74) is 7.82. The number of para-hydroxylation sites is 2. The molecule has 0 aromatic heterocycles. The molecule has 2 aromatic rings. The van der Waals surface area contributed by atoms with E-state index in [2.05, 4.69) is 34.9 Å². The monoisotopic (exact) mass is 325 g/mol. The molecule has 126 valence electrons. The van der Waals surface area contributed by atoms with E-state index < -0.39 is 0 Å². The van der Waals surface area contributed by atoms with Crippen molar-refractivity contribution in [3.63, 3.8) is 0 Å². The first-order valence-corrected chi connectivity index (χ1v) is 7.78. The van der Waals surface area contributed by atoms with Crippen molar-refractivity contribution in [2.75, 3.05) is 19.0 Å². The van der Waals surface area contributed by atoms with E-state index in [4.69, 9.17) is 4.74 Å². The van der Waals surface area contributed by atoms with Gasteiger partial charge in [0.25, 0.3) is 5.91 Å². The normalized spacial score (nSPS) is 10.7. The van der Waals surface area contributed by atoms with E-state index >= 15 is 0 Å². The van der Waals surface area contributed by atoms with Gasteiger partial charge < -0.3 is 10.1 Å². The van der Waals surface area contributed by atoms with Gasteiger partial charge in [-0.1, -0.05) is 29.8 Å². The molecule has 1 amide bonds. The number of carbonyl (C=O) groups is 1. The highest BCUT2D eigenvalue weighted by molar-refractivity contribution is 5.86. The molecular formula is C19H23N3O2. The molecule has 0 aliphatic heterocycles. The van der Waals surface area contributed by atoms with Crippen molar-refractivity contribution in [2.45, 2.75) is 20.8 Å². The molecule has 0 heterocycles. The SMILES string of the molecule is COc1ccccc1NCC(=O)N/N=C\c1c(C)cc(C)cc1C. The Kier molecular flexibility index (Phi) is 5.95. The third-order valence-corrected chi connectivity index (χ3v) is 3.67. The maximum Gasteiger partial charge on any atom is 0.259 e. The molecule has 2 aromatic carbocycles. The van der Waals surface area contributed by atoms with Gasteiger partial charge in [0, 0.05) is 5.56 Å². The standard InChI is InChI=1S/C19H23N3O2/c1-13-9-14(2)16(15(3)10-13)11-21-22-19(23)12-20-17-7-5-6-8-18(17)24-4/h5-11,20H,12H2,1-4H3,(H,22,23)/b21-11-. The van der Waals surface area contributed by atoms with Gasteiger partial charge in [-0.25, -0.2) is 5.43 Å². The number of methoxy groups -OCH3 is 1. The molecule has 24 heavy (non-hydrogen) atoms. The van der Waals surface area contributed by atoms with Crippen LogP contribution in [0.5, 0.6) is 5.75 Å². The highest BCUT2D eigenvalue weighted by Gasteiger charge is 2.04. The number of hydrogen-bond acceptors (Lipinski definition) is 4. The van der Waals surface area contributed by atoms with Crippen LogP contribution in [0, 0.1) is 20.8 Å². The third kappa shape index (κ3) is 4.59. The fourth-order valence-corrected chi connectivity index (χ4v) is 2.57. The van der Waals surface area contributed by atoms with E-state index in [1.54, 1.807) is 13.3 Å². The van der Waals surface area contributed by atoms with Gasteiger partial charge in [0.05, 0.1) is 25.6 Å². The lowest BCUT2D eigenvalue weighted by Crippen LogP contribution is -2.26. The lowest BCUT2D eigenvalue weighted by Gasteiger charge is -2.10. The minimum absolute atomic E-state index is 0.115. The van der Waals surface area contributed by atoms with Crippen molar-refractivity contribution in [1.29, 1.82) is 0 Å². The van der Waals surface area contributed by atoms with Crippen molar-refractivity contribution in [3.05, 3.63) is 58.7 Å². The van der Waals surface area contributed by atoms with Crippen LogP contribution in [0.3, 0.4) is 0 Å². The van der Waals surface area contributed by atoms with E-state index in [-0.39, 0.29) is 12.5 Å². The van der Waals surface area contributed by atoms with E-state index in [9.17, 15) is 4.79 Å². The highest BCUT2D eigenvalue weighted by atomic mass is 16.5. The van der Waals surface area contributed by atoms with Gasteiger partial charge >= 0.3 is 0 Å². The molecule has 2 N–H and O–H groups in total.